The highest BCUT2D eigenvalue weighted by atomic mass is 16.4. The fourth-order valence-electron chi connectivity index (χ4n) is 1.74. The van der Waals surface area contributed by atoms with E-state index in [0.717, 1.165) is 28.6 Å². The third kappa shape index (κ3) is 4.17. The number of carboxylic acid groups (broad SMARTS) is 1. The summed E-state index contributed by atoms with van der Waals surface area (Å²) in [5.41, 5.74) is 3.89. The van der Waals surface area contributed by atoms with Gasteiger partial charge in [0.15, 0.2) is 0 Å². The first-order valence-electron chi connectivity index (χ1n) is 5.94. The van der Waals surface area contributed by atoms with E-state index >= 15 is 0 Å². The molecule has 0 aliphatic rings. The van der Waals surface area contributed by atoms with Crippen molar-refractivity contribution in [1.82, 2.24) is 0 Å². The molecule has 3 nitrogen and oxygen atoms in total. The minimum atomic E-state index is -0.791. The standard InChI is InChI=1S/C15H18O3/c1-11(12(2)10-16)9-14-6-4-3-5-13(14)7-8-15(17)18/h3-6,10H,7-9H2,1-2H3,(H,17,18)/b12-11+. The van der Waals surface area contributed by atoms with E-state index in [9.17, 15) is 9.59 Å². The zero-order valence-corrected chi connectivity index (χ0v) is 10.8. The van der Waals surface area contributed by atoms with Gasteiger partial charge in [0.2, 0.25) is 0 Å². The number of rotatable bonds is 6. The molecule has 18 heavy (non-hydrogen) atoms. The second-order valence-electron chi connectivity index (χ2n) is 4.42. The van der Waals surface area contributed by atoms with Crippen LogP contribution < -0.4 is 0 Å². The van der Waals surface area contributed by atoms with E-state index in [4.69, 9.17) is 5.11 Å². The molecule has 0 amide bonds. The molecule has 1 rings (SSSR count). The van der Waals surface area contributed by atoms with Gasteiger partial charge in [-0.2, -0.15) is 0 Å². The largest absolute Gasteiger partial charge is 0.481 e. The summed E-state index contributed by atoms with van der Waals surface area (Å²) in [6.07, 6.45) is 2.21. The Morgan fingerprint density at radius 3 is 2.39 bits per heavy atom. The van der Waals surface area contributed by atoms with Gasteiger partial charge in [0.05, 0.1) is 0 Å². The molecule has 0 aromatic heterocycles. The molecule has 0 fully saturated rings. The molecule has 0 atom stereocenters. The first-order chi connectivity index (χ1) is 8.54. The quantitative estimate of drug-likeness (QED) is 0.620. The van der Waals surface area contributed by atoms with Crippen LogP contribution >= 0.6 is 0 Å². The highest BCUT2D eigenvalue weighted by Crippen LogP contribution is 2.17. The van der Waals surface area contributed by atoms with E-state index in [2.05, 4.69) is 0 Å². The fourth-order valence-corrected chi connectivity index (χ4v) is 1.74. The predicted molar refractivity (Wildman–Crippen MR) is 70.5 cm³/mol. The van der Waals surface area contributed by atoms with Crippen LogP contribution in [0.15, 0.2) is 35.4 Å². The topological polar surface area (TPSA) is 54.4 Å². The Morgan fingerprint density at radius 1 is 1.22 bits per heavy atom. The lowest BCUT2D eigenvalue weighted by Crippen LogP contribution is -2.01. The lowest BCUT2D eigenvalue weighted by molar-refractivity contribution is -0.136. The molecule has 0 spiro atoms. The molecule has 3 heteroatoms. The SMILES string of the molecule is C/C(C=O)=C(/C)Cc1ccccc1CCC(=O)O. The van der Waals surface area contributed by atoms with Crippen LogP contribution in [0.25, 0.3) is 0 Å². The molecule has 1 aromatic carbocycles. The van der Waals surface area contributed by atoms with Crippen LogP contribution in [0.5, 0.6) is 0 Å². The Bertz CT molecular complexity index is 472. The van der Waals surface area contributed by atoms with Crippen molar-refractivity contribution in [2.45, 2.75) is 33.1 Å². The summed E-state index contributed by atoms with van der Waals surface area (Å²) in [5.74, 6) is -0.791. The van der Waals surface area contributed by atoms with Crippen LogP contribution in [-0.2, 0) is 22.4 Å². The average Bonchev–Trinajstić information content (AvgIpc) is 2.36. The van der Waals surface area contributed by atoms with Gasteiger partial charge in [0, 0.05) is 6.42 Å². The van der Waals surface area contributed by atoms with E-state index in [1.54, 1.807) is 6.92 Å². The monoisotopic (exact) mass is 246 g/mol. The predicted octanol–water partition coefficient (Wildman–Crippen LogP) is 2.78. The molecule has 1 aromatic rings. The third-order valence-electron chi connectivity index (χ3n) is 3.03. The molecular formula is C15H18O3. The summed E-state index contributed by atoms with van der Waals surface area (Å²) in [4.78, 5) is 21.3. The summed E-state index contributed by atoms with van der Waals surface area (Å²) in [5, 5.41) is 8.72. The number of aldehydes is 1. The maximum absolute atomic E-state index is 10.7. The van der Waals surface area contributed by atoms with Gasteiger partial charge in [-0.1, -0.05) is 29.8 Å². The number of aryl methyl sites for hydroxylation is 1. The molecular weight excluding hydrogens is 228 g/mol. The zero-order chi connectivity index (χ0) is 13.5. The van der Waals surface area contributed by atoms with Crippen molar-refractivity contribution in [2.75, 3.05) is 0 Å². The van der Waals surface area contributed by atoms with E-state index in [1.165, 1.54) is 0 Å². The molecule has 0 saturated carbocycles. The van der Waals surface area contributed by atoms with E-state index in [-0.39, 0.29) is 6.42 Å². The number of aliphatic carboxylic acids is 1. The highest BCUT2D eigenvalue weighted by Gasteiger charge is 2.06. The molecule has 0 aliphatic carbocycles. The molecule has 0 aliphatic heterocycles. The van der Waals surface area contributed by atoms with E-state index in [1.807, 2.05) is 31.2 Å². The van der Waals surface area contributed by atoms with Crippen molar-refractivity contribution >= 4 is 12.3 Å². The van der Waals surface area contributed by atoms with Gasteiger partial charge in [-0.15, -0.1) is 0 Å². The first-order valence-corrected chi connectivity index (χ1v) is 5.94. The number of benzene rings is 1. The number of carbonyl (C=O) groups excluding carboxylic acids is 1. The average molecular weight is 246 g/mol. The Hall–Kier alpha value is -1.90. The Kier molecular flexibility index (Phi) is 5.31. The van der Waals surface area contributed by atoms with Crippen molar-refractivity contribution in [3.8, 4) is 0 Å². The van der Waals surface area contributed by atoms with Gasteiger partial charge in [0.25, 0.3) is 0 Å². The zero-order valence-electron chi connectivity index (χ0n) is 10.8. The van der Waals surface area contributed by atoms with Crippen molar-refractivity contribution in [2.24, 2.45) is 0 Å². The highest BCUT2D eigenvalue weighted by molar-refractivity contribution is 5.73. The summed E-state index contributed by atoms with van der Waals surface area (Å²) in [7, 11) is 0. The summed E-state index contributed by atoms with van der Waals surface area (Å²) in [6.45, 7) is 3.72. The van der Waals surface area contributed by atoms with Crippen LogP contribution in [0, 0.1) is 0 Å². The molecule has 1 N–H and O–H groups in total. The first kappa shape index (κ1) is 14.2. The summed E-state index contributed by atoms with van der Waals surface area (Å²) < 4.78 is 0. The number of hydrogen-bond acceptors (Lipinski definition) is 2. The van der Waals surface area contributed by atoms with E-state index < -0.39 is 5.97 Å². The normalized spacial score (nSPS) is 11.9. The lowest BCUT2D eigenvalue weighted by atomic mass is 9.96. The summed E-state index contributed by atoms with van der Waals surface area (Å²) >= 11 is 0. The molecule has 0 saturated heterocycles. The number of hydrogen-bond donors (Lipinski definition) is 1. The number of carboxylic acids is 1. The van der Waals surface area contributed by atoms with Crippen molar-refractivity contribution < 1.29 is 14.7 Å². The minimum absolute atomic E-state index is 0.131. The van der Waals surface area contributed by atoms with Crippen LogP contribution in [0.3, 0.4) is 0 Å². The van der Waals surface area contributed by atoms with Crippen LogP contribution in [0.2, 0.25) is 0 Å². The number of carbonyl (C=O) groups is 2. The molecule has 0 radical (unpaired) electrons. The van der Waals surface area contributed by atoms with Gasteiger partial charge in [-0.05, 0) is 43.4 Å². The number of allylic oxidation sites excluding steroid dienone is 2. The van der Waals surface area contributed by atoms with E-state index in [0.29, 0.717) is 12.8 Å². The maximum atomic E-state index is 10.7. The van der Waals surface area contributed by atoms with Gasteiger partial charge >= 0.3 is 5.97 Å². The van der Waals surface area contributed by atoms with Crippen LogP contribution in [-0.4, -0.2) is 17.4 Å². The molecule has 0 unspecified atom stereocenters. The van der Waals surface area contributed by atoms with Gasteiger partial charge in [-0.25, -0.2) is 0 Å². The molecule has 0 heterocycles. The van der Waals surface area contributed by atoms with Crippen molar-refractivity contribution in [1.29, 1.82) is 0 Å². The second kappa shape index (κ2) is 6.74. The van der Waals surface area contributed by atoms with Gasteiger partial charge in [-0.3, -0.25) is 9.59 Å². The molecule has 0 bridgehead atoms. The molecule has 96 valence electrons. The lowest BCUT2D eigenvalue weighted by Gasteiger charge is -2.09. The van der Waals surface area contributed by atoms with Gasteiger partial charge in [0.1, 0.15) is 6.29 Å². The Morgan fingerprint density at radius 2 is 1.83 bits per heavy atom. The minimum Gasteiger partial charge on any atom is -0.481 e. The van der Waals surface area contributed by atoms with Gasteiger partial charge < -0.3 is 5.11 Å². The Labute approximate surface area is 107 Å². The summed E-state index contributed by atoms with van der Waals surface area (Å²) in [6, 6.07) is 7.77. The van der Waals surface area contributed by atoms with Crippen LogP contribution in [0.1, 0.15) is 31.4 Å². The Balaban J connectivity index is 2.88. The third-order valence-corrected chi connectivity index (χ3v) is 3.03. The fraction of sp³-hybridized carbons (Fsp3) is 0.333. The maximum Gasteiger partial charge on any atom is 0.303 e. The second-order valence-corrected chi connectivity index (χ2v) is 4.42. The van der Waals surface area contributed by atoms with Crippen molar-refractivity contribution in [3.63, 3.8) is 0 Å². The smallest absolute Gasteiger partial charge is 0.303 e. The van der Waals surface area contributed by atoms with Crippen molar-refractivity contribution in [3.05, 3.63) is 46.5 Å². The van der Waals surface area contributed by atoms with Crippen LogP contribution in [0.4, 0.5) is 0 Å².